The van der Waals surface area contributed by atoms with Crippen molar-refractivity contribution in [3.63, 3.8) is 0 Å². The van der Waals surface area contributed by atoms with Gasteiger partial charge in [0, 0.05) is 31.3 Å². The molecule has 0 saturated carbocycles. The van der Waals surface area contributed by atoms with Crippen molar-refractivity contribution in [3.8, 4) is 0 Å². The molecule has 1 saturated heterocycles. The fraction of sp³-hybridized carbons (Fsp3) is 0.667. The van der Waals surface area contributed by atoms with Crippen LogP contribution >= 0.6 is 0 Å². The van der Waals surface area contributed by atoms with Gasteiger partial charge in [-0.25, -0.2) is 0 Å². The summed E-state index contributed by atoms with van der Waals surface area (Å²) in [5.74, 6) is 0. The molecule has 1 fully saturated rings. The molecule has 0 aliphatic carbocycles. The van der Waals surface area contributed by atoms with Gasteiger partial charge < -0.3 is 9.67 Å². The molecule has 7 nitrogen and oxygen atoms in total. The minimum absolute atomic E-state index is 0.0802. The lowest BCUT2D eigenvalue weighted by Gasteiger charge is -2.38. The van der Waals surface area contributed by atoms with Crippen LogP contribution in [0.25, 0.3) is 0 Å². The lowest BCUT2D eigenvalue weighted by molar-refractivity contribution is -0.385. The largest absolute Gasteiger partial charge is 0.392 e. The van der Waals surface area contributed by atoms with Crippen LogP contribution in [0.2, 0.25) is 0 Å². The molecule has 22 heavy (non-hydrogen) atoms. The molecule has 1 aromatic rings. The monoisotopic (exact) mass is 309 g/mol. The summed E-state index contributed by atoms with van der Waals surface area (Å²) in [7, 11) is 0. The standard InChI is InChI=1S/C15H23N3O4/c1-2-14(19)13-5-3-4-8-16(13)9-10-17-11-12(18(21)22)6-7-15(17)20/h6-7,11,13-14,19H,2-5,8-10H2,1H3. The van der Waals surface area contributed by atoms with E-state index in [4.69, 9.17) is 0 Å². The smallest absolute Gasteiger partial charge is 0.285 e. The van der Waals surface area contributed by atoms with Crippen LogP contribution in [0.4, 0.5) is 5.69 Å². The first-order valence-electron chi connectivity index (χ1n) is 7.80. The van der Waals surface area contributed by atoms with Crippen LogP contribution in [0.3, 0.4) is 0 Å². The molecule has 1 aromatic heterocycles. The van der Waals surface area contributed by atoms with Gasteiger partial charge in [0.1, 0.15) is 0 Å². The molecule has 0 spiro atoms. The summed E-state index contributed by atoms with van der Waals surface area (Å²) in [5.41, 5.74) is -0.321. The molecule has 1 N–H and O–H groups in total. The molecule has 2 atom stereocenters. The molecule has 2 unspecified atom stereocenters. The van der Waals surface area contributed by atoms with Crippen molar-refractivity contribution in [1.29, 1.82) is 0 Å². The molecule has 1 aliphatic heterocycles. The number of aliphatic hydroxyl groups excluding tert-OH is 1. The molecule has 7 heteroatoms. The van der Waals surface area contributed by atoms with Gasteiger partial charge in [-0.3, -0.25) is 19.8 Å². The Kier molecular flexibility index (Phi) is 5.68. The number of pyridine rings is 1. The van der Waals surface area contributed by atoms with Crippen LogP contribution < -0.4 is 5.56 Å². The van der Waals surface area contributed by atoms with Crippen LogP contribution in [0.15, 0.2) is 23.1 Å². The molecule has 2 heterocycles. The number of aliphatic hydroxyl groups is 1. The van der Waals surface area contributed by atoms with Crippen LogP contribution in [-0.2, 0) is 6.54 Å². The zero-order chi connectivity index (χ0) is 16.1. The highest BCUT2D eigenvalue weighted by molar-refractivity contribution is 5.24. The maximum Gasteiger partial charge on any atom is 0.285 e. The molecule has 0 aromatic carbocycles. The summed E-state index contributed by atoms with van der Waals surface area (Å²) in [5, 5.41) is 20.9. The third-order valence-corrected chi connectivity index (χ3v) is 4.33. The molecular weight excluding hydrogens is 286 g/mol. The summed E-state index contributed by atoms with van der Waals surface area (Å²) in [6.07, 6.45) is 4.78. The number of hydrogen-bond donors (Lipinski definition) is 1. The third-order valence-electron chi connectivity index (χ3n) is 4.33. The lowest BCUT2D eigenvalue weighted by atomic mass is 9.96. The van der Waals surface area contributed by atoms with Crippen molar-refractivity contribution in [2.75, 3.05) is 13.1 Å². The second-order valence-electron chi connectivity index (χ2n) is 5.75. The summed E-state index contributed by atoms with van der Waals surface area (Å²) in [4.78, 5) is 24.3. The SMILES string of the molecule is CCC(O)C1CCCCN1CCn1cc([N+](=O)[O-])ccc1=O. The van der Waals surface area contributed by atoms with Gasteiger partial charge in [-0.15, -0.1) is 0 Å². The van der Waals surface area contributed by atoms with Gasteiger partial charge in [0.25, 0.3) is 11.2 Å². The zero-order valence-corrected chi connectivity index (χ0v) is 12.9. The van der Waals surface area contributed by atoms with Gasteiger partial charge in [0.15, 0.2) is 0 Å². The molecule has 2 rings (SSSR count). The Morgan fingerprint density at radius 1 is 1.41 bits per heavy atom. The zero-order valence-electron chi connectivity index (χ0n) is 12.9. The van der Waals surface area contributed by atoms with Crippen molar-refractivity contribution in [1.82, 2.24) is 9.47 Å². The average molecular weight is 309 g/mol. The lowest BCUT2D eigenvalue weighted by Crippen LogP contribution is -2.48. The molecule has 0 amide bonds. The quantitative estimate of drug-likeness (QED) is 0.633. The van der Waals surface area contributed by atoms with Crippen molar-refractivity contribution >= 4 is 5.69 Å². The minimum Gasteiger partial charge on any atom is -0.392 e. The van der Waals surface area contributed by atoms with E-state index in [1.54, 1.807) is 0 Å². The number of hydrogen-bond acceptors (Lipinski definition) is 5. The van der Waals surface area contributed by atoms with Crippen molar-refractivity contribution in [2.45, 2.75) is 51.3 Å². The highest BCUT2D eigenvalue weighted by Crippen LogP contribution is 2.21. The molecule has 0 bridgehead atoms. The second kappa shape index (κ2) is 7.51. The van der Waals surface area contributed by atoms with Gasteiger partial charge in [-0.2, -0.15) is 0 Å². The van der Waals surface area contributed by atoms with E-state index in [2.05, 4.69) is 4.90 Å². The van der Waals surface area contributed by atoms with Crippen LogP contribution in [0.5, 0.6) is 0 Å². The molecular formula is C15H23N3O4. The fourth-order valence-corrected chi connectivity index (χ4v) is 3.04. The Bertz CT molecular complexity index is 572. The van der Waals surface area contributed by atoms with Crippen molar-refractivity contribution < 1.29 is 10.0 Å². The van der Waals surface area contributed by atoms with Crippen molar-refractivity contribution in [2.24, 2.45) is 0 Å². The average Bonchev–Trinajstić information content (AvgIpc) is 2.53. The highest BCUT2D eigenvalue weighted by Gasteiger charge is 2.27. The maximum absolute atomic E-state index is 11.8. The van der Waals surface area contributed by atoms with Gasteiger partial charge in [0.2, 0.25) is 0 Å². The number of nitrogens with zero attached hydrogens (tertiary/aromatic N) is 3. The first kappa shape index (κ1) is 16.6. The molecule has 122 valence electrons. The number of piperidine rings is 1. The maximum atomic E-state index is 11.8. The highest BCUT2D eigenvalue weighted by atomic mass is 16.6. The molecule has 1 aliphatic rings. The number of rotatable bonds is 6. The van der Waals surface area contributed by atoms with Gasteiger partial charge >= 0.3 is 0 Å². The summed E-state index contributed by atoms with van der Waals surface area (Å²) in [6, 6.07) is 2.57. The predicted octanol–water partition coefficient (Wildman–Crippen LogP) is 1.38. The normalized spacial score (nSPS) is 20.7. The Morgan fingerprint density at radius 2 is 2.18 bits per heavy atom. The summed E-state index contributed by atoms with van der Waals surface area (Å²) < 4.78 is 1.38. The van der Waals surface area contributed by atoms with E-state index in [1.807, 2.05) is 6.92 Å². The van der Waals surface area contributed by atoms with E-state index < -0.39 is 4.92 Å². The number of nitro groups is 1. The van der Waals surface area contributed by atoms with E-state index in [1.165, 1.54) is 22.9 Å². The Morgan fingerprint density at radius 3 is 2.86 bits per heavy atom. The minimum atomic E-state index is -0.500. The topological polar surface area (TPSA) is 88.6 Å². The van der Waals surface area contributed by atoms with Crippen molar-refractivity contribution in [3.05, 3.63) is 38.8 Å². The predicted molar refractivity (Wildman–Crippen MR) is 82.9 cm³/mol. The van der Waals surface area contributed by atoms with Gasteiger partial charge in [-0.05, 0) is 25.8 Å². The van der Waals surface area contributed by atoms with E-state index >= 15 is 0 Å². The van der Waals surface area contributed by atoms with Crippen LogP contribution in [-0.4, -0.2) is 44.7 Å². The Balaban J connectivity index is 2.06. The summed E-state index contributed by atoms with van der Waals surface area (Å²) >= 11 is 0. The number of likely N-dealkylation sites (tertiary alicyclic amines) is 1. The molecule has 0 radical (unpaired) electrons. The first-order valence-corrected chi connectivity index (χ1v) is 7.80. The van der Waals surface area contributed by atoms with E-state index in [0.717, 1.165) is 25.8 Å². The first-order chi connectivity index (χ1) is 10.5. The van der Waals surface area contributed by atoms with E-state index in [-0.39, 0.29) is 23.4 Å². The van der Waals surface area contributed by atoms with Crippen LogP contribution in [0.1, 0.15) is 32.6 Å². The van der Waals surface area contributed by atoms with Crippen LogP contribution in [0, 0.1) is 10.1 Å². The van der Waals surface area contributed by atoms with E-state index in [0.29, 0.717) is 19.5 Å². The summed E-state index contributed by atoms with van der Waals surface area (Å²) in [6.45, 7) is 3.87. The third kappa shape index (κ3) is 3.92. The van der Waals surface area contributed by atoms with E-state index in [9.17, 15) is 20.0 Å². The Labute approximate surface area is 129 Å². The number of aromatic nitrogens is 1. The van der Waals surface area contributed by atoms with Gasteiger partial charge in [0.05, 0.1) is 17.2 Å². The fourth-order valence-electron chi connectivity index (χ4n) is 3.04. The van der Waals surface area contributed by atoms with Gasteiger partial charge in [-0.1, -0.05) is 13.3 Å². The Hall–Kier alpha value is -1.73. The second-order valence-corrected chi connectivity index (χ2v) is 5.75.